The van der Waals surface area contributed by atoms with Crippen molar-refractivity contribution in [3.05, 3.63) is 48.0 Å². The van der Waals surface area contributed by atoms with Crippen LogP contribution in [0.4, 0.5) is 5.82 Å². The molecule has 0 aliphatic carbocycles. The Morgan fingerprint density at radius 2 is 1.85 bits per heavy atom. The van der Waals surface area contributed by atoms with E-state index in [0.29, 0.717) is 65.6 Å². The molecule has 4 rings (SSSR count). The summed E-state index contributed by atoms with van der Waals surface area (Å²) in [6.45, 7) is 3.59. The van der Waals surface area contributed by atoms with Gasteiger partial charge in [0, 0.05) is 25.8 Å². The van der Waals surface area contributed by atoms with Gasteiger partial charge < -0.3 is 25.3 Å². The zero-order valence-corrected chi connectivity index (χ0v) is 18.9. The van der Waals surface area contributed by atoms with Gasteiger partial charge >= 0.3 is 0 Å². The van der Waals surface area contributed by atoms with Crippen LogP contribution in [-0.2, 0) is 4.74 Å². The van der Waals surface area contributed by atoms with Crippen LogP contribution in [0.1, 0.15) is 23.7 Å². The van der Waals surface area contributed by atoms with Crippen molar-refractivity contribution in [1.29, 1.82) is 0 Å². The normalized spacial score (nSPS) is 11.1. The number of ether oxygens (including phenoxy) is 3. The van der Waals surface area contributed by atoms with Gasteiger partial charge in [0.2, 0.25) is 0 Å². The molecule has 0 atom stereocenters. The van der Waals surface area contributed by atoms with Gasteiger partial charge in [0.25, 0.3) is 5.91 Å². The maximum Gasteiger partial charge on any atom is 0.257 e. The third-order valence-corrected chi connectivity index (χ3v) is 5.31. The molecule has 4 aromatic rings. The molecule has 0 aliphatic rings. The van der Waals surface area contributed by atoms with Crippen LogP contribution < -0.4 is 20.5 Å². The predicted molar refractivity (Wildman–Crippen MR) is 127 cm³/mol. The van der Waals surface area contributed by atoms with Crippen LogP contribution in [0, 0.1) is 0 Å². The molecule has 2 heterocycles. The van der Waals surface area contributed by atoms with Crippen LogP contribution in [0.3, 0.4) is 0 Å². The van der Waals surface area contributed by atoms with E-state index in [1.54, 1.807) is 37.0 Å². The van der Waals surface area contributed by atoms with Crippen LogP contribution in [-0.4, -0.2) is 54.4 Å². The monoisotopic (exact) mass is 449 g/mol. The number of nitrogens with one attached hydrogen (secondary N) is 1. The fourth-order valence-electron chi connectivity index (χ4n) is 3.71. The van der Waals surface area contributed by atoms with Crippen molar-refractivity contribution in [2.75, 3.05) is 39.7 Å². The molecule has 0 unspecified atom stereocenters. The summed E-state index contributed by atoms with van der Waals surface area (Å²) in [7, 11) is 3.15. The second-order valence-corrected chi connectivity index (χ2v) is 7.32. The average molecular weight is 450 g/mol. The minimum Gasteiger partial charge on any atom is -0.497 e. The van der Waals surface area contributed by atoms with Gasteiger partial charge in [-0.1, -0.05) is 12.1 Å². The molecule has 0 saturated heterocycles. The number of nitrogen functional groups attached to an aromatic ring is 1. The van der Waals surface area contributed by atoms with Gasteiger partial charge in [-0.15, -0.1) is 0 Å². The number of carbonyl (C=O) groups excluding carboxylic acids is 1. The molecule has 0 spiro atoms. The molecule has 33 heavy (non-hydrogen) atoms. The summed E-state index contributed by atoms with van der Waals surface area (Å²) in [4.78, 5) is 22.7. The first kappa shape index (κ1) is 22.3. The standard InChI is InChI=1S/C24H27N5O4/c1-4-33-13-7-12-26-24(30)20-21-23(28-17-9-6-5-8-16(17)27-21)29(22(20)25)18-14-15(31-2)10-11-19(18)32-3/h5-6,8-11,14H,4,7,12-13,25H2,1-3H3,(H,26,30). The summed E-state index contributed by atoms with van der Waals surface area (Å²) < 4.78 is 18.0. The topological polar surface area (TPSA) is 114 Å². The van der Waals surface area contributed by atoms with E-state index >= 15 is 0 Å². The Kier molecular flexibility index (Phi) is 6.60. The number of methoxy groups -OCH3 is 2. The van der Waals surface area contributed by atoms with Gasteiger partial charge in [0.15, 0.2) is 5.65 Å². The summed E-state index contributed by atoms with van der Waals surface area (Å²) in [5, 5.41) is 2.92. The van der Waals surface area contributed by atoms with E-state index in [9.17, 15) is 4.79 Å². The highest BCUT2D eigenvalue weighted by Crippen LogP contribution is 2.36. The van der Waals surface area contributed by atoms with Crippen LogP contribution in [0.2, 0.25) is 0 Å². The van der Waals surface area contributed by atoms with Gasteiger partial charge in [-0.2, -0.15) is 0 Å². The SMILES string of the molecule is CCOCCCNC(=O)c1c(N)n(-c2cc(OC)ccc2OC)c2nc3ccccc3nc12. The van der Waals surface area contributed by atoms with Crippen molar-refractivity contribution in [3.63, 3.8) is 0 Å². The summed E-state index contributed by atoms with van der Waals surface area (Å²) in [5.74, 6) is 1.06. The van der Waals surface area contributed by atoms with Crippen molar-refractivity contribution in [3.8, 4) is 17.2 Å². The highest BCUT2D eigenvalue weighted by molar-refractivity contribution is 6.11. The Hall–Kier alpha value is -3.85. The minimum atomic E-state index is -0.320. The van der Waals surface area contributed by atoms with Crippen LogP contribution in [0.15, 0.2) is 42.5 Å². The van der Waals surface area contributed by atoms with Crippen molar-refractivity contribution < 1.29 is 19.0 Å². The lowest BCUT2D eigenvalue weighted by molar-refractivity contribution is 0.0946. The lowest BCUT2D eigenvalue weighted by Crippen LogP contribution is -2.26. The Morgan fingerprint density at radius 1 is 1.09 bits per heavy atom. The molecular weight excluding hydrogens is 422 g/mol. The summed E-state index contributed by atoms with van der Waals surface area (Å²) >= 11 is 0. The number of para-hydroxylation sites is 2. The van der Waals surface area contributed by atoms with Crippen molar-refractivity contribution >= 4 is 33.9 Å². The maximum absolute atomic E-state index is 13.2. The first-order valence-electron chi connectivity index (χ1n) is 10.7. The number of fused-ring (bicyclic) bond motifs is 2. The fourth-order valence-corrected chi connectivity index (χ4v) is 3.71. The molecule has 1 amide bonds. The Bertz CT molecular complexity index is 1300. The van der Waals surface area contributed by atoms with E-state index < -0.39 is 0 Å². The molecule has 172 valence electrons. The molecule has 0 radical (unpaired) electrons. The molecule has 0 aliphatic heterocycles. The quantitative estimate of drug-likeness (QED) is 0.377. The predicted octanol–water partition coefficient (Wildman–Crippen LogP) is 3.33. The third kappa shape index (κ3) is 4.27. The molecule has 0 saturated carbocycles. The van der Waals surface area contributed by atoms with E-state index in [1.165, 1.54) is 0 Å². The number of aromatic nitrogens is 3. The summed E-state index contributed by atoms with van der Waals surface area (Å²) in [6, 6.07) is 12.8. The summed E-state index contributed by atoms with van der Waals surface area (Å²) in [6.07, 6.45) is 0.691. The number of hydrogen-bond acceptors (Lipinski definition) is 7. The molecule has 2 aromatic heterocycles. The summed E-state index contributed by atoms with van der Waals surface area (Å²) in [5.41, 5.74) is 9.68. The van der Waals surface area contributed by atoms with Gasteiger partial charge in [0.05, 0.1) is 30.9 Å². The smallest absolute Gasteiger partial charge is 0.257 e. The number of nitrogens with zero attached hydrogens (tertiary/aromatic N) is 3. The largest absolute Gasteiger partial charge is 0.497 e. The zero-order chi connectivity index (χ0) is 23.4. The second-order valence-electron chi connectivity index (χ2n) is 7.32. The Balaban J connectivity index is 1.89. The van der Waals surface area contributed by atoms with Crippen LogP contribution in [0.25, 0.3) is 27.9 Å². The fraction of sp³-hybridized carbons (Fsp3) is 0.292. The third-order valence-electron chi connectivity index (χ3n) is 5.31. The number of rotatable bonds is 9. The lowest BCUT2D eigenvalue weighted by atomic mass is 10.2. The van der Waals surface area contributed by atoms with Gasteiger partial charge in [-0.05, 0) is 37.6 Å². The number of nitrogens with two attached hydrogens (primary N) is 1. The van der Waals surface area contributed by atoms with E-state index in [2.05, 4.69) is 5.32 Å². The van der Waals surface area contributed by atoms with Crippen LogP contribution >= 0.6 is 0 Å². The lowest BCUT2D eigenvalue weighted by Gasteiger charge is -2.14. The number of amides is 1. The van der Waals surface area contributed by atoms with E-state index in [0.717, 1.165) is 0 Å². The van der Waals surface area contributed by atoms with E-state index in [-0.39, 0.29) is 17.3 Å². The molecule has 0 bridgehead atoms. The minimum absolute atomic E-state index is 0.217. The zero-order valence-electron chi connectivity index (χ0n) is 18.9. The molecule has 0 fully saturated rings. The average Bonchev–Trinajstić information content (AvgIpc) is 3.12. The van der Waals surface area contributed by atoms with Crippen molar-refractivity contribution in [2.45, 2.75) is 13.3 Å². The second kappa shape index (κ2) is 9.74. The first-order valence-corrected chi connectivity index (χ1v) is 10.7. The molecule has 9 heteroatoms. The van der Waals surface area contributed by atoms with Crippen LogP contribution in [0.5, 0.6) is 11.5 Å². The van der Waals surface area contributed by atoms with Crippen molar-refractivity contribution in [2.24, 2.45) is 0 Å². The molecular formula is C24H27N5O4. The van der Waals surface area contributed by atoms with E-state index in [1.807, 2.05) is 31.2 Å². The number of carbonyl (C=O) groups is 1. The van der Waals surface area contributed by atoms with Crippen molar-refractivity contribution in [1.82, 2.24) is 19.9 Å². The molecule has 3 N–H and O–H groups in total. The Labute approximate surface area is 191 Å². The number of anilines is 1. The Morgan fingerprint density at radius 3 is 2.55 bits per heavy atom. The highest BCUT2D eigenvalue weighted by Gasteiger charge is 2.26. The molecule has 2 aromatic carbocycles. The number of hydrogen-bond donors (Lipinski definition) is 2. The number of benzene rings is 2. The highest BCUT2D eigenvalue weighted by atomic mass is 16.5. The van der Waals surface area contributed by atoms with Gasteiger partial charge in [0.1, 0.15) is 28.4 Å². The molecule has 9 nitrogen and oxygen atoms in total. The van der Waals surface area contributed by atoms with Gasteiger partial charge in [-0.3, -0.25) is 9.36 Å². The first-order chi connectivity index (χ1) is 16.1. The van der Waals surface area contributed by atoms with Gasteiger partial charge in [-0.25, -0.2) is 9.97 Å². The maximum atomic E-state index is 13.2. The van der Waals surface area contributed by atoms with E-state index in [4.69, 9.17) is 29.9 Å².